The largest absolute Gasteiger partial charge is 0.456 e. The predicted octanol–water partition coefficient (Wildman–Crippen LogP) is 5.51. The van der Waals surface area contributed by atoms with Crippen LogP contribution in [0.4, 0.5) is 0 Å². The van der Waals surface area contributed by atoms with E-state index in [1.165, 1.54) is 0 Å². The van der Waals surface area contributed by atoms with Gasteiger partial charge in [-0.1, -0.05) is 126 Å². The van der Waals surface area contributed by atoms with E-state index in [9.17, 15) is 0 Å². The normalized spacial score (nSPS) is 11.6. The molecule has 0 aliphatic rings. The lowest BCUT2D eigenvalue weighted by molar-refractivity contribution is 0.669. The first kappa shape index (κ1) is 33.1. The summed E-state index contributed by atoms with van der Waals surface area (Å²) in [4.78, 5) is 15.6. The third-order valence-corrected chi connectivity index (χ3v) is 10.4. The Hall–Kier alpha value is -6.53. The van der Waals surface area contributed by atoms with Crippen LogP contribution in [0.1, 0.15) is 0 Å². The number of rotatable bonds is 5. The SMILES string of the molecule is [B]c1c([B])c([B])c(-c2cccc3c2c2ccccc2n3-c2nc(-c3ccccc3)nc(-c3cccc4oc5cccc(-c6ccccc6)c5c34)n2)c([B])c1[B]. The molecule has 10 aromatic rings. The molecule has 10 rings (SSSR count). The Labute approximate surface area is 323 Å². The lowest BCUT2D eigenvalue weighted by Crippen LogP contribution is -2.55. The van der Waals surface area contributed by atoms with Crippen LogP contribution in [0.3, 0.4) is 0 Å². The van der Waals surface area contributed by atoms with E-state index in [4.69, 9.17) is 58.6 Å². The van der Waals surface area contributed by atoms with E-state index >= 15 is 0 Å². The van der Waals surface area contributed by atoms with Crippen molar-refractivity contribution in [3.8, 4) is 51.0 Å². The van der Waals surface area contributed by atoms with Gasteiger partial charge in [0.1, 0.15) is 50.4 Å². The lowest BCUT2D eigenvalue weighted by Gasteiger charge is -2.22. The minimum absolute atomic E-state index is 0.163. The molecule has 0 saturated heterocycles. The van der Waals surface area contributed by atoms with Crippen LogP contribution in [-0.4, -0.2) is 58.8 Å². The zero-order chi connectivity index (χ0) is 37.4. The average Bonchev–Trinajstić information content (AvgIpc) is 3.79. The molecule has 7 aromatic carbocycles. The van der Waals surface area contributed by atoms with Crippen LogP contribution < -0.4 is 27.3 Å². The maximum atomic E-state index is 6.64. The van der Waals surface area contributed by atoms with Gasteiger partial charge in [0.15, 0.2) is 11.6 Å². The van der Waals surface area contributed by atoms with Crippen molar-refractivity contribution in [3.05, 3.63) is 140 Å². The minimum atomic E-state index is 0.163. The summed E-state index contributed by atoms with van der Waals surface area (Å²) in [6, 6.07) is 46.3. The summed E-state index contributed by atoms with van der Waals surface area (Å²) in [5.41, 5.74) is 9.33. The molecule has 0 aliphatic heterocycles. The molecule has 244 valence electrons. The molecule has 3 heterocycles. The molecule has 0 atom stereocenters. The first-order valence-corrected chi connectivity index (χ1v) is 17.7. The molecular formula is C45H23B5N4O. The van der Waals surface area contributed by atoms with Gasteiger partial charge in [-0.2, -0.15) is 9.97 Å². The van der Waals surface area contributed by atoms with Crippen molar-refractivity contribution in [2.75, 3.05) is 0 Å². The second kappa shape index (κ2) is 12.8. The lowest BCUT2D eigenvalue weighted by atomic mass is 9.59. The van der Waals surface area contributed by atoms with Crippen molar-refractivity contribution in [1.82, 2.24) is 19.5 Å². The van der Waals surface area contributed by atoms with E-state index in [0.29, 0.717) is 23.2 Å². The minimum Gasteiger partial charge on any atom is -0.456 e. The van der Waals surface area contributed by atoms with Crippen LogP contribution in [0.25, 0.3) is 94.7 Å². The fraction of sp³-hybridized carbons (Fsp3) is 0. The topological polar surface area (TPSA) is 56.7 Å². The molecule has 0 amide bonds. The number of fused-ring (bicyclic) bond motifs is 6. The quantitative estimate of drug-likeness (QED) is 0.224. The maximum absolute atomic E-state index is 6.64. The molecule has 0 N–H and O–H groups in total. The van der Waals surface area contributed by atoms with Crippen molar-refractivity contribution >= 4 is 110 Å². The molecule has 5 nitrogen and oxygen atoms in total. The number of furan rings is 1. The smallest absolute Gasteiger partial charge is 0.238 e. The molecule has 0 unspecified atom stereocenters. The van der Waals surface area contributed by atoms with Crippen LogP contribution in [0.2, 0.25) is 0 Å². The Morgan fingerprint density at radius 3 is 1.64 bits per heavy atom. The predicted molar refractivity (Wildman–Crippen MR) is 230 cm³/mol. The van der Waals surface area contributed by atoms with Gasteiger partial charge in [-0.3, -0.25) is 4.57 Å². The molecule has 0 fully saturated rings. The van der Waals surface area contributed by atoms with Crippen molar-refractivity contribution in [2.45, 2.75) is 0 Å². The Kier molecular flexibility index (Phi) is 7.70. The molecule has 3 aromatic heterocycles. The van der Waals surface area contributed by atoms with Crippen LogP contribution in [0, 0.1) is 0 Å². The van der Waals surface area contributed by atoms with Gasteiger partial charge in [0.05, 0.1) is 11.0 Å². The molecule has 0 spiro atoms. The molecule has 0 aliphatic carbocycles. The highest BCUT2D eigenvalue weighted by Crippen LogP contribution is 2.42. The average molecular weight is 690 g/mol. The van der Waals surface area contributed by atoms with Crippen LogP contribution >= 0.6 is 0 Å². The van der Waals surface area contributed by atoms with Crippen molar-refractivity contribution in [2.24, 2.45) is 0 Å². The summed E-state index contributed by atoms with van der Waals surface area (Å²) in [6.45, 7) is 0. The Bertz CT molecular complexity index is 3130. The van der Waals surface area contributed by atoms with Gasteiger partial charge in [-0.05, 0) is 46.5 Å². The van der Waals surface area contributed by atoms with E-state index in [0.717, 1.165) is 71.6 Å². The highest BCUT2D eigenvalue weighted by Gasteiger charge is 2.24. The van der Waals surface area contributed by atoms with Crippen LogP contribution in [-0.2, 0) is 0 Å². The molecule has 55 heavy (non-hydrogen) atoms. The van der Waals surface area contributed by atoms with E-state index in [-0.39, 0.29) is 27.3 Å². The number of aromatic nitrogens is 4. The van der Waals surface area contributed by atoms with Gasteiger partial charge in [0, 0.05) is 32.7 Å². The number of hydrogen-bond donors (Lipinski definition) is 0. The maximum Gasteiger partial charge on any atom is 0.238 e. The summed E-state index contributed by atoms with van der Waals surface area (Å²) in [7, 11) is 32.2. The Balaban J connectivity index is 1.29. The number of hydrogen-bond acceptors (Lipinski definition) is 4. The van der Waals surface area contributed by atoms with E-state index in [1.807, 2.05) is 120 Å². The van der Waals surface area contributed by atoms with Crippen molar-refractivity contribution in [1.29, 1.82) is 0 Å². The second-order valence-electron chi connectivity index (χ2n) is 13.5. The van der Waals surface area contributed by atoms with Crippen LogP contribution in [0.15, 0.2) is 144 Å². The second-order valence-corrected chi connectivity index (χ2v) is 13.5. The van der Waals surface area contributed by atoms with Gasteiger partial charge >= 0.3 is 0 Å². The van der Waals surface area contributed by atoms with E-state index in [2.05, 4.69) is 24.3 Å². The summed E-state index contributed by atoms with van der Waals surface area (Å²) >= 11 is 0. The molecular weight excluding hydrogens is 667 g/mol. The Morgan fingerprint density at radius 1 is 0.400 bits per heavy atom. The van der Waals surface area contributed by atoms with Crippen molar-refractivity contribution in [3.63, 3.8) is 0 Å². The van der Waals surface area contributed by atoms with Gasteiger partial charge in [-0.25, -0.2) is 4.98 Å². The fourth-order valence-electron chi connectivity index (χ4n) is 7.80. The molecule has 0 saturated carbocycles. The summed E-state index contributed by atoms with van der Waals surface area (Å²) in [5, 5.41) is 3.71. The number of benzene rings is 7. The zero-order valence-electron chi connectivity index (χ0n) is 29.4. The van der Waals surface area contributed by atoms with Crippen molar-refractivity contribution < 1.29 is 4.42 Å². The van der Waals surface area contributed by atoms with E-state index < -0.39 is 0 Å². The summed E-state index contributed by atoms with van der Waals surface area (Å²) < 4.78 is 8.53. The first-order chi connectivity index (χ1) is 26.9. The highest BCUT2D eigenvalue weighted by molar-refractivity contribution is 6.69. The van der Waals surface area contributed by atoms with Gasteiger partial charge in [0.25, 0.3) is 0 Å². The standard InChI is InChI=1S/C45H23B5N4O/c46-38-37(39(47)41(49)42(50)40(38)48)28-18-9-21-31-34(28)27-16-7-8-20-30(27)54(31)45-52-43(25-14-5-2-6-15-25)51-44(53-45)29-19-11-23-33-36(29)35-26(17-10-22-32(35)55-33)24-12-3-1-4-13-24/h1-23H. The van der Waals surface area contributed by atoms with Gasteiger partial charge in [0.2, 0.25) is 5.95 Å². The summed E-state index contributed by atoms with van der Waals surface area (Å²) in [5.74, 6) is 1.44. The monoisotopic (exact) mass is 690 g/mol. The fourth-order valence-corrected chi connectivity index (χ4v) is 7.80. The third kappa shape index (κ3) is 5.12. The zero-order valence-corrected chi connectivity index (χ0v) is 29.4. The summed E-state index contributed by atoms with van der Waals surface area (Å²) in [6.07, 6.45) is 0. The van der Waals surface area contributed by atoms with Crippen LogP contribution in [0.5, 0.6) is 0 Å². The highest BCUT2D eigenvalue weighted by atomic mass is 16.3. The van der Waals surface area contributed by atoms with Gasteiger partial charge < -0.3 is 4.42 Å². The molecule has 0 bridgehead atoms. The van der Waals surface area contributed by atoms with E-state index in [1.54, 1.807) is 0 Å². The third-order valence-electron chi connectivity index (χ3n) is 10.4. The molecule has 10 heteroatoms. The number of nitrogens with zero attached hydrogens (tertiary/aromatic N) is 4. The number of para-hydroxylation sites is 1. The molecule has 10 radical (unpaired) electrons. The first-order valence-electron chi connectivity index (χ1n) is 17.7. The Morgan fingerprint density at radius 2 is 0.927 bits per heavy atom. The van der Waals surface area contributed by atoms with Gasteiger partial charge in [-0.15, -0.1) is 16.4 Å².